The molecule has 1 aromatic rings. The molecule has 0 aliphatic rings. The third-order valence-electron chi connectivity index (χ3n) is 2.51. The molecule has 0 saturated heterocycles. The van der Waals surface area contributed by atoms with Gasteiger partial charge in [-0.3, -0.25) is 4.55 Å². The first-order valence-corrected chi connectivity index (χ1v) is 7.98. The fraction of sp³-hybridized carbons (Fsp3) is 0.417. The Morgan fingerprint density at radius 3 is 2.45 bits per heavy atom. The number of hydrogen-bond donors (Lipinski definition) is 2. The van der Waals surface area contributed by atoms with Gasteiger partial charge < -0.3 is 10.1 Å². The van der Waals surface area contributed by atoms with Gasteiger partial charge in [0.1, 0.15) is 0 Å². The third kappa shape index (κ3) is 8.28. The van der Waals surface area contributed by atoms with Crippen LogP contribution in [-0.2, 0) is 16.5 Å². The molecule has 1 N–H and O–H groups in total. The second-order valence-corrected chi connectivity index (χ2v) is 6.01. The van der Waals surface area contributed by atoms with Gasteiger partial charge in [0, 0.05) is 0 Å². The predicted molar refractivity (Wildman–Crippen MR) is 76.2 cm³/mol. The second kappa shape index (κ2) is 9.81. The van der Waals surface area contributed by atoms with Crippen molar-refractivity contribution < 1.29 is 47.6 Å². The van der Waals surface area contributed by atoms with Crippen LogP contribution in [0.5, 0.6) is 0 Å². The largest absolute Gasteiger partial charge is 1.00 e. The van der Waals surface area contributed by atoms with Crippen molar-refractivity contribution in [3.63, 3.8) is 0 Å². The second-order valence-electron chi connectivity index (χ2n) is 4.08. The number of aliphatic imine (C=N–C) groups is 1. The number of nitrogens with zero attached hydrogens (tertiary/aromatic N) is 1. The van der Waals surface area contributed by atoms with Gasteiger partial charge in [-0.2, -0.15) is 21.0 Å². The van der Waals surface area contributed by atoms with Crippen molar-refractivity contribution in [2.75, 3.05) is 18.1 Å². The van der Waals surface area contributed by atoms with Crippen LogP contribution in [0.15, 0.2) is 35.3 Å². The van der Waals surface area contributed by atoms with Crippen molar-refractivity contribution in [2.45, 2.75) is 6.42 Å². The zero-order valence-corrected chi connectivity index (χ0v) is 15.0. The standard InChI is InChI=1S/C12H17NO4S2.Na/c14-12(13-6-7-19(15,16)17)11(9-18)8-10-4-2-1-3-5-10;/h1-5,11,18H,6-9H2,(H,13,14)(H,15,16,17);/q;+1/p-1. The smallest absolute Gasteiger partial charge is 0.862 e. The first kappa shape index (κ1) is 19.9. The van der Waals surface area contributed by atoms with Crippen LogP contribution in [0.3, 0.4) is 0 Å². The molecule has 5 nitrogen and oxygen atoms in total. The molecule has 1 unspecified atom stereocenters. The Morgan fingerprint density at radius 2 is 1.95 bits per heavy atom. The summed E-state index contributed by atoms with van der Waals surface area (Å²) in [5, 5.41) is 11.8. The maximum atomic E-state index is 11.8. The minimum absolute atomic E-state index is 0. The maximum absolute atomic E-state index is 11.8. The molecular formula is C12H16NNaO4S2. The molecule has 0 radical (unpaired) electrons. The van der Waals surface area contributed by atoms with Crippen LogP contribution in [0.2, 0.25) is 0 Å². The maximum Gasteiger partial charge on any atom is 1.00 e. The first-order chi connectivity index (χ1) is 8.92. The molecule has 1 rings (SSSR count). The van der Waals surface area contributed by atoms with Crippen LogP contribution in [0.25, 0.3) is 0 Å². The summed E-state index contributed by atoms with van der Waals surface area (Å²) >= 11 is 4.12. The molecule has 0 spiro atoms. The van der Waals surface area contributed by atoms with Crippen molar-refractivity contribution in [3.8, 4) is 0 Å². The van der Waals surface area contributed by atoms with Crippen molar-refractivity contribution in [1.29, 1.82) is 0 Å². The normalized spacial score (nSPS) is 13.6. The van der Waals surface area contributed by atoms with Crippen LogP contribution in [-0.4, -0.2) is 36.9 Å². The van der Waals surface area contributed by atoms with Crippen LogP contribution in [0, 0.1) is 5.92 Å². The van der Waals surface area contributed by atoms with E-state index >= 15 is 0 Å². The summed E-state index contributed by atoms with van der Waals surface area (Å²) < 4.78 is 29.6. The van der Waals surface area contributed by atoms with Gasteiger partial charge in [0.25, 0.3) is 10.1 Å². The Morgan fingerprint density at radius 1 is 1.35 bits per heavy atom. The van der Waals surface area contributed by atoms with Gasteiger partial charge in [-0.05, 0) is 29.6 Å². The van der Waals surface area contributed by atoms with Crippen LogP contribution in [0.4, 0.5) is 0 Å². The van der Waals surface area contributed by atoms with E-state index < -0.39 is 15.9 Å². The molecule has 0 fully saturated rings. The molecule has 0 aliphatic heterocycles. The third-order valence-corrected chi connectivity index (χ3v) is 3.65. The Bertz CT molecular complexity index is 520. The van der Waals surface area contributed by atoms with Gasteiger partial charge in [-0.15, -0.1) is 0 Å². The van der Waals surface area contributed by atoms with Gasteiger partial charge in [0.2, 0.25) is 0 Å². The van der Waals surface area contributed by atoms with Crippen LogP contribution >= 0.6 is 12.6 Å². The van der Waals surface area contributed by atoms with Crippen LogP contribution < -0.4 is 34.7 Å². The summed E-state index contributed by atoms with van der Waals surface area (Å²) in [6.45, 7) is -0.225. The summed E-state index contributed by atoms with van der Waals surface area (Å²) in [5.41, 5.74) is 1.000. The molecule has 0 aromatic heterocycles. The quantitative estimate of drug-likeness (QED) is 0.190. The molecule has 0 amide bonds. The monoisotopic (exact) mass is 325 g/mol. The molecule has 1 aromatic carbocycles. The summed E-state index contributed by atoms with van der Waals surface area (Å²) in [4.78, 5) is 3.65. The van der Waals surface area contributed by atoms with E-state index in [1.54, 1.807) is 0 Å². The van der Waals surface area contributed by atoms with E-state index in [0.29, 0.717) is 12.2 Å². The number of benzene rings is 1. The first-order valence-electron chi connectivity index (χ1n) is 5.73. The van der Waals surface area contributed by atoms with E-state index in [1.165, 1.54) is 0 Å². The Labute approximate surface area is 147 Å². The molecular weight excluding hydrogens is 309 g/mol. The van der Waals surface area contributed by atoms with E-state index in [-0.39, 0.29) is 47.9 Å². The van der Waals surface area contributed by atoms with E-state index in [1.807, 2.05) is 30.3 Å². The topological polar surface area (TPSA) is 89.8 Å². The van der Waals surface area contributed by atoms with E-state index in [4.69, 9.17) is 4.55 Å². The van der Waals surface area contributed by atoms with Gasteiger partial charge in [0.05, 0.1) is 12.3 Å². The zero-order valence-electron chi connectivity index (χ0n) is 11.3. The fourth-order valence-corrected chi connectivity index (χ4v) is 2.14. The predicted octanol–water partition coefficient (Wildman–Crippen LogP) is -2.57. The molecule has 0 heterocycles. The molecule has 8 heteroatoms. The van der Waals surface area contributed by atoms with Crippen molar-refractivity contribution in [1.82, 2.24) is 0 Å². The summed E-state index contributed by atoms with van der Waals surface area (Å²) in [6.07, 6.45) is 0.512. The van der Waals surface area contributed by atoms with Gasteiger partial charge >= 0.3 is 29.6 Å². The summed E-state index contributed by atoms with van der Waals surface area (Å²) in [6, 6.07) is 9.46. The van der Waals surface area contributed by atoms with Gasteiger partial charge in [-0.1, -0.05) is 30.3 Å². The average Bonchev–Trinajstić information content (AvgIpc) is 2.35. The Hall–Kier alpha value is -0.0500. The molecule has 1 atom stereocenters. The minimum Gasteiger partial charge on any atom is -0.862 e. The molecule has 0 saturated carbocycles. The number of thiol groups is 1. The van der Waals surface area contributed by atoms with E-state index in [9.17, 15) is 13.5 Å². The van der Waals surface area contributed by atoms with Crippen molar-refractivity contribution in [2.24, 2.45) is 10.9 Å². The van der Waals surface area contributed by atoms with Gasteiger partial charge in [-0.25, -0.2) is 0 Å². The molecule has 106 valence electrons. The molecule has 0 aliphatic carbocycles. The number of hydrogen-bond acceptors (Lipinski definition) is 5. The summed E-state index contributed by atoms with van der Waals surface area (Å²) in [7, 11) is -4.08. The van der Waals surface area contributed by atoms with Crippen LogP contribution in [0.1, 0.15) is 5.56 Å². The van der Waals surface area contributed by atoms with Crippen molar-refractivity contribution in [3.05, 3.63) is 35.9 Å². The van der Waals surface area contributed by atoms with Gasteiger partial charge in [0.15, 0.2) is 0 Å². The van der Waals surface area contributed by atoms with E-state index in [2.05, 4.69) is 17.6 Å². The Balaban J connectivity index is 0.00000361. The minimum atomic E-state index is -4.08. The van der Waals surface area contributed by atoms with Crippen molar-refractivity contribution >= 4 is 28.6 Å². The zero-order chi connectivity index (χ0) is 14.3. The number of rotatable bonds is 7. The van der Waals surface area contributed by atoms with E-state index in [0.717, 1.165) is 5.56 Å². The summed E-state index contributed by atoms with van der Waals surface area (Å²) in [5.74, 6) is -0.971. The SMILES string of the molecule is O=S(=O)(O)CCN=C([O-])C(CS)Cc1ccccc1.[Na+]. The molecule has 0 bridgehead atoms. The average molecular weight is 325 g/mol. The fourth-order valence-electron chi connectivity index (χ4n) is 1.53. The molecule has 20 heavy (non-hydrogen) atoms. The Kier molecular flexibility index (Phi) is 9.78.